The van der Waals surface area contributed by atoms with Crippen LogP contribution in [0.5, 0.6) is 0 Å². The number of fused-ring (bicyclic) bond motifs is 1. The molecule has 0 aliphatic heterocycles. The third kappa shape index (κ3) is 1.52. The van der Waals surface area contributed by atoms with Crippen LogP contribution in [0.15, 0.2) is 6.20 Å². The number of hydrogen-bond donors (Lipinski definition) is 1. The number of thiazole rings is 1. The van der Waals surface area contributed by atoms with Crippen molar-refractivity contribution in [1.82, 2.24) is 4.98 Å². The highest BCUT2D eigenvalue weighted by atomic mass is 35.5. The Morgan fingerprint density at radius 3 is 2.64 bits per heavy atom. The molecule has 2 atom stereocenters. The van der Waals surface area contributed by atoms with Gasteiger partial charge in [0.25, 0.3) is 0 Å². The first-order valence-electron chi connectivity index (χ1n) is 5.22. The van der Waals surface area contributed by atoms with E-state index in [1.54, 1.807) is 17.5 Å². The van der Waals surface area contributed by atoms with Crippen LogP contribution in [0, 0.1) is 11.8 Å². The van der Waals surface area contributed by atoms with Crippen LogP contribution in [0.1, 0.15) is 25.7 Å². The second kappa shape index (κ2) is 3.38. The van der Waals surface area contributed by atoms with Gasteiger partial charge in [0.15, 0.2) is 5.13 Å². The van der Waals surface area contributed by atoms with Crippen LogP contribution in [-0.4, -0.2) is 11.0 Å². The molecule has 0 spiro atoms. The number of nitrogens with one attached hydrogen (secondary N) is 1. The van der Waals surface area contributed by atoms with Crippen LogP contribution in [0.3, 0.4) is 0 Å². The van der Waals surface area contributed by atoms with E-state index < -0.39 is 0 Å². The fourth-order valence-electron chi connectivity index (χ4n) is 2.67. The number of halogens is 1. The molecule has 76 valence electrons. The first kappa shape index (κ1) is 8.98. The number of nitrogens with zero attached hydrogens (tertiary/aromatic N) is 1. The Balaban J connectivity index is 1.64. The second-order valence-corrected chi connectivity index (χ2v) is 5.91. The van der Waals surface area contributed by atoms with Gasteiger partial charge in [-0.2, -0.15) is 0 Å². The molecule has 2 aliphatic carbocycles. The quantitative estimate of drug-likeness (QED) is 0.840. The standard InChI is InChI=1S/C10H13ClN2S/c11-8-5-12-10(14-8)13-9-6-3-1-2-4-7(6)9/h5-7,9H,1-4H2,(H,12,13). The average Bonchev–Trinajstić information content (AvgIpc) is 2.72. The molecular weight excluding hydrogens is 216 g/mol. The van der Waals surface area contributed by atoms with Crippen LogP contribution in [0.4, 0.5) is 5.13 Å². The maximum Gasteiger partial charge on any atom is 0.184 e. The fourth-order valence-corrected chi connectivity index (χ4v) is 3.53. The summed E-state index contributed by atoms with van der Waals surface area (Å²) in [4.78, 5) is 4.23. The van der Waals surface area contributed by atoms with Crippen molar-refractivity contribution in [3.05, 3.63) is 10.5 Å². The van der Waals surface area contributed by atoms with E-state index >= 15 is 0 Å². The molecule has 0 saturated heterocycles. The molecule has 2 unspecified atom stereocenters. The Hall–Kier alpha value is -0.280. The number of anilines is 1. The lowest BCUT2D eigenvalue weighted by molar-refractivity contribution is 0.480. The van der Waals surface area contributed by atoms with E-state index in [-0.39, 0.29) is 0 Å². The van der Waals surface area contributed by atoms with Gasteiger partial charge in [0.2, 0.25) is 0 Å². The lowest BCUT2D eigenvalue weighted by Crippen LogP contribution is -2.04. The average molecular weight is 229 g/mol. The molecule has 1 N–H and O–H groups in total. The molecule has 4 heteroatoms. The molecule has 2 aliphatic rings. The molecule has 0 radical (unpaired) electrons. The zero-order chi connectivity index (χ0) is 9.54. The Morgan fingerprint density at radius 1 is 1.36 bits per heavy atom. The van der Waals surface area contributed by atoms with E-state index in [1.165, 1.54) is 25.7 Å². The number of rotatable bonds is 2. The van der Waals surface area contributed by atoms with Gasteiger partial charge in [-0.05, 0) is 24.7 Å². The van der Waals surface area contributed by atoms with Gasteiger partial charge in [0.05, 0.1) is 6.20 Å². The van der Waals surface area contributed by atoms with Crippen molar-refractivity contribution < 1.29 is 0 Å². The summed E-state index contributed by atoms with van der Waals surface area (Å²) in [6.45, 7) is 0. The fraction of sp³-hybridized carbons (Fsp3) is 0.700. The molecule has 2 nitrogen and oxygen atoms in total. The smallest absolute Gasteiger partial charge is 0.184 e. The van der Waals surface area contributed by atoms with Crippen LogP contribution in [-0.2, 0) is 0 Å². The van der Waals surface area contributed by atoms with Gasteiger partial charge in [-0.3, -0.25) is 0 Å². The van der Waals surface area contributed by atoms with E-state index in [0.29, 0.717) is 6.04 Å². The van der Waals surface area contributed by atoms with Gasteiger partial charge in [0, 0.05) is 6.04 Å². The van der Waals surface area contributed by atoms with Crippen molar-refractivity contribution >= 4 is 28.1 Å². The Bertz CT molecular complexity index is 327. The minimum Gasteiger partial charge on any atom is -0.358 e. The summed E-state index contributed by atoms with van der Waals surface area (Å²) in [6, 6.07) is 0.694. The zero-order valence-electron chi connectivity index (χ0n) is 7.87. The molecule has 1 aromatic heterocycles. The summed E-state index contributed by atoms with van der Waals surface area (Å²) in [5, 5.41) is 4.50. The minimum atomic E-state index is 0.694. The summed E-state index contributed by atoms with van der Waals surface area (Å²) >= 11 is 7.38. The Labute approximate surface area is 92.7 Å². The molecule has 0 bridgehead atoms. The summed E-state index contributed by atoms with van der Waals surface area (Å²) in [6.07, 6.45) is 7.36. The highest BCUT2D eigenvalue weighted by Gasteiger charge is 2.50. The lowest BCUT2D eigenvalue weighted by Gasteiger charge is -2.04. The summed E-state index contributed by atoms with van der Waals surface area (Å²) in [5.41, 5.74) is 0. The van der Waals surface area contributed by atoms with Crippen molar-refractivity contribution in [1.29, 1.82) is 0 Å². The maximum absolute atomic E-state index is 5.83. The van der Waals surface area contributed by atoms with E-state index in [9.17, 15) is 0 Å². The van der Waals surface area contributed by atoms with Gasteiger partial charge in [-0.15, -0.1) is 0 Å². The van der Waals surface area contributed by atoms with Crippen LogP contribution >= 0.6 is 22.9 Å². The van der Waals surface area contributed by atoms with Gasteiger partial charge in [0.1, 0.15) is 4.34 Å². The Kier molecular flexibility index (Phi) is 2.17. The summed E-state index contributed by atoms with van der Waals surface area (Å²) < 4.78 is 0.774. The number of hydrogen-bond acceptors (Lipinski definition) is 3. The van der Waals surface area contributed by atoms with Crippen molar-refractivity contribution in [3.8, 4) is 0 Å². The highest BCUT2D eigenvalue weighted by Crippen LogP contribution is 2.51. The molecule has 1 heterocycles. The summed E-state index contributed by atoms with van der Waals surface area (Å²) in [7, 11) is 0. The lowest BCUT2D eigenvalue weighted by atomic mass is 10.0. The van der Waals surface area contributed by atoms with E-state index in [1.807, 2.05) is 0 Å². The monoisotopic (exact) mass is 228 g/mol. The third-order valence-corrected chi connectivity index (χ3v) is 4.47. The minimum absolute atomic E-state index is 0.694. The Morgan fingerprint density at radius 2 is 2.07 bits per heavy atom. The second-order valence-electron chi connectivity index (χ2n) is 4.25. The highest BCUT2D eigenvalue weighted by molar-refractivity contribution is 7.19. The molecule has 2 saturated carbocycles. The molecule has 0 aromatic carbocycles. The zero-order valence-corrected chi connectivity index (χ0v) is 9.44. The predicted molar refractivity (Wildman–Crippen MR) is 60.0 cm³/mol. The van der Waals surface area contributed by atoms with Crippen molar-refractivity contribution in [2.75, 3.05) is 5.32 Å². The van der Waals surface area contributed by atoms with Gasteiger partial charge >= 0.3 is 0 Å². The molecule has 1 aromatic rings. The molecule has 14 heavy (non-hydrogen) atoms. The molecular formula is C10H13ClN2S. The van der Waals surface area contributed by atoms with Crippen LogP contribution < -0.4 is 5.32 Å². The van der Waals surface area contributed by atoms with Crippen molar-refractivity contribution in [3.63, 3.8) is 0 Å². The van der Waals surface area contributed by atoms with E-state index in [0.717, 1.165) is 21.3 Å². The van der Waals surface area contributed by atoms with Gasteiger partial charge < -0.3 is 5.32 Å². The van der Waals surface area contributed by atoms with E-state index in [4.69, 9.17) is 11.6 Å². The topological polar surface area (TPSA) is 24.9 Å². The first-order chi connectivity index (χ1) is 6.84. The van der Waals surface area contributed by atoms with Crippen molar-refractivity contribution in [2.24, 2.45) is 11.8 Å². The third-order valence-electron chi connectivity index (χ3n) is 3.42. The number of aromatic nitrogens is 1. The van der Waals surface area contributed by atoms with Gasteiger partial charge in [-0.1, -0.05) is 35.8 Å². The van der Waals surface area contributed by atoms with Crippen LogP contribution in [0.2, 0.25) is 4.34 Å². The SMILES string of the molecule is Clc1cnc(NC2C3CCCCC32)s1. The molecule has 3 rings (SSSR count). The molecule has 2 fully saturated rings. The van der Waals surface area contributed by atoms with Crippen LogP contribution in [0.25, 0.3) is 0 Å². The van der Waals surface area contributed by atoms with E-state index in [2.05, 4.69) is 10.3 Å². The summed E-state index contributed by atoms with van der Waals surface area (Å²) in [5.74, 6) is 1.85. The maximum atomic E-state index is 5.83. The van der Waals surface area contributed by atoms with Crippen molar-refractivity contribution in [2.45, 2.75) is 31.7 Å². The predicted octanol–water partition coefficient (Wildman–Crippen LogP) is 3.40. The van der Waals surface area contributed by atoms with Gasteiger partial charge in [-0.25, -0.2) is 4.98 Å². The normalized spacial score (nSPS) is 35.1. The molecule has 0 amide bonds. The largest absolute Gasteiger partial charge is 0.358 e. The first-order valence-corrected chi connectivity index (χ1v) is 6.42.